The molecule has 8 nitrogen and oxygen atoms in total. The van der Waals surface area contributed by atoms with Crippen molar-refractivity contribution in [1.82, 2.24) is 0 Å². The number of para-hydroxylation sites is 1. The summed E-state index contributed by atoms with van der Waals surface area (Å²) in [5.74, 6) is -3.25. The number of imide groups is 1. The number of hydroxylamine groups is 1. The van der Waals surface area contributed by atoms with Crippen LogP contribution in [0.5, 0.6) is 0 Å². The first-order valence-corrected chi connectivity index (χ1v) is 10.8. The molecule has 2 amide bonds. The summed E-state index contributed by atoms with van der Waals surface area (Å²) in [5, 5.41) is 13.1. The van der Waals surface area contributed by atoms with Crippen LogP contribution in [0.1, 0.15) is 11.6 Å². The number of anilines is 2. The van der Waals surface area contributed by atoms with Gasteiger partial charge in [-0.2, -0.15) is 0 Å². The number of non-ortho nitro benzene ring substituents is 1. The topological polar surface area (TPSA) is 93.0 Å². The van der Waals surface area contributed by atoms with Crippen molar-refractivity contribution in [2.75, 3.05) is 9.96 Å². The van der Waals surface area contributed by atoms with E-state index in [9.17, 15) is 24.1 Å². The van der Waals surface area contributed by atoms with Crippen molar-refractivity contribution in [1.29, 1.82) is 0 Å². The lowest BCUT2D eigenvalue weighted by Crippen LogP contribution is -2.38. The quantitative estimate of drug-likeness (QED) is 0.280. The summed E-state index contributed by atoms with van der Waals surface area (Å²) >= 11 is 12.5. The van der Waals surface area contributed by atoms with E-state index in [2.05, 4.69) is 0 Å². The average molecular weight is 502 g/mol. The van der Waals surface area contributed by atoms with Crippen molar-refractivity contribution in [2.24, 2.45) is 5.92 Å². The Morgan fingerprint density at radius 2 is 1.74 bits per heavy atom. The number of carbonyl (C=O) groups excluding carboxylic acids is 2. The lowest BCUT2D eigenvalue weighted by atomic mass is 9.90. The molecule has 0 aliphatic carbocycles. The molecule has 0 saturated carbocycles. The van der Waals surface area contributed by atoms with Gasteiger partial charge in [0.1, 0.15) is 11.7 Å². The van der Waals surface area contributed by atoms with E-state index in [-0.39, 0.29) is 22.1 Å². The molecule has 0 spiro atoms. The molecule has 5 rings (SSSR count). The van der Waals surface area contributed by atoms with Crippen molar-refractivity contribution in [3.05, 3.63) is 98.3 Å². The number of hydrogen-bond donors (Lipinski definition) is 0. The number of amides is 2. The van der Waals surface area contributed by atoms with E-state index < -0.39 is 40.6 Å². The number of benzene rings is 3. The largest absolute Gasteiger partial charge is 0.273 e. The molecule has 11 heteroatoms. The molecule has 34 heavy (non-hydrogen) atoms. The van der Waals surface area contributed by atoms with Crippen LogP contribution in [-0.4, -0.2) is 22.8 Å². The SMILES string of the molecule is O=C1[C@@H]2[C@H](ON(c3cccc([N+](=O)[O-])c3)[C@H]2c2ccc(Cl)cc2Cl)C(=O)N1c1ccccc1F. The minimum absolute atomic E-state index is 0.182. The highest BCUT2D eigenvalue weighted by Gasteiger charge is 2.61. The molecular formula is C23H14Cl2FN3O5. The van der Waals surface area contributed by atoms with Crippen molar-refractivity contribution in [3.63, 3.8) is 0 Å². The molecule has 0 N–H and O–H groups in total. The van der Waals surface area contributed by atoms with Gasteiger partial charge < -0.3 is 0 Å². The van der Waals surface area contributed by atoms with Gasteiger partial charge >= 0.3 is 0 Å². The number of hydrogen-bond acceptors (Lipinski definition) is 6. The summed E-state index contributed by atoms with van der Waals surface area (Å²) in [7, 11) is 0. The Hall–Kier alpha value is -3.53. The minimum atomic E-state index is -1.29. The Bertz CT molecular complexity index is 1350. The van der Waals surface area contributed by atoms with Gasteiger partial charge in [0.15, 0.2) is 6.10 Å². The van der Waals surface area contributed by atoms with Gasteiger partial charge in [0.25, 0.3) is 11.6 Å². The van der Waals surface area contributed by atoms with Gasteiger partial charge in [0.2, 0.25) is 5.91 Å². The van der Waals surface area contributed by atoms with Gasteiger partial charge in [-0.15, -0.1) is 0 Å². The van der Waals surface area contributed by atoms with Gasteiger partial charge in [-0.1, -0.05) is 47.5 Å². The molecule has 0 unspecified atom stereocenters. The summed E-state index contributed by atoms with van der Waals surface area (Å²) in [5.41, 5.74) is 0.280. The first-order valence-electron chi connectivity index (χ1n) is 10.1. The second-order valence-corrected chi connectivity index (χ2v) is 8.57. The third-order valence-corrected chi connectivity index (χ3v) is 6.35. The van der Waals surface area contributed by atoms with E-state index >= 15 is 0 Å². The van der Waals surface area contributed by atoms with Crippen molar-refractivity contribution in [3.8, 4) is 0 Å². The molecule has 172 valence electrons. The maximum absolute atomic E-state index is 14.5. The standard InChI is InChI=1S/C23H14Cl2FN3O5/c24-12-8-9-15(16(25)10-12)20-19-21(34-28(20)13-4-3-5-14(11-13)29(32)33)23(31)27(22(19)30)18-7-2-1-6-17(18)26/h1-11,19-21H/t19-,20-,21-/m0/s1. The Balaban J connectivity index is 1.64. The average Bonchev–Trinajstić information content (AvgIpc) is 3.31. The molecule has 2 heterocycles. The molecule has 3 aromatic rings. The predicted octanol–water partition coefficient (Wildman–Crippen LogP) is 5.09. The molecule has 3 aromatic carbocycles. The summed E-state index contributed by atoms with van der Waals surface area (Å²) in [6.45, 7) is 0. The number of nitrogens with zero attached hydrogens (tertiary/aromatic N) is 3. The number of carbonyl (C=O) groups is 2. The molecule has 2 saturated heterocycles. The summed E-state index contributed by atoms with van der Waals surface area (Å²) < 4.78 is 14.5. The van der Waals surface area contributed by atoms with Crippen molar-refractivity contribution in [2.45, 2.75) is 12.1 Å². The molecule has 0 aromatic heterocycles. The fraction of sp³-hybridized carbons (Fsp3) is 0.130. The minimum Gasteiger partial charge on any atom is -0.273 e. The van der Waals surface area contributed by atoms with Crippen LogP contribution in [0.2, 0.25) is 10.0 Å². The van der Waals surface area contributed by atoms with Crippen LogP contribution >= 0.6 is 23.2 Å². The van der Waals surface area contributed by atoms with E-state index in [4.69, 9.17) is 28.0 Å². The normalized spacial score (nSPS) is 21.8. The highest BCUT2D eigenvalue weighted by Crippen LogP contribution is 2.49. The molecule has 0 bridgehead atoms. The van der Waals surface area contributed by atoms with Crippen LogP contribution < -0.4 is 9.96 Å². The molecule has 0 radical (unpaired) electrons. The molecular weight excluding hydrogens is 488 g/mol. The zero-order chi connectivity index (χ0) is 24.1. The predicted molar refractivity (Wildman–Crippen MR) is 122 cm³/mol. The van der Waals surface area contributed by atoms with Crippen molar-refractivity contribution >= 4 is 52.1 Å². The van der Waals surface area contributed by atoms with Gasteiger partial charge in [-0.3, -0.25) is 24.5 Å². The fourth-order valence-electron chi connectivity index (χ4n) is 4.31. The van der Waals surface area contributed by atoms with Crippen molar-refractivity contribution < 1.29 is 23.7 Å². The number of nitro groups is 1. The van der Waals surface area contributed by atoms with Crippen LogP contribution in [0.3, 0.4) is 0 Å². The maximum Gasteiger partial charge on any atom is 0.271 e. The second-order valence-electron chi connectivity index (χ2n) is 7.73. The smallest absolute Gasteiger partial charge is 0.271 e. The van der Waals surface area contributed by atoms with Crippen LogP contribution in [0.15, 0.2) is 66.7 Å². The zero-order valence-corrected chi connectivity index (χ0v) is 18.6. The molecule has 3 atom stereocenters. The second kappa shape index (κ2) is 8.35. The Morgan fingerprint density at radius 1 is 0.971 bits per heavy atom. The Labute approximate surface area is 202 Å². The van der Waals surface area contributed by atoms with E-state index in [0.29, 0.717) is 10.6 Å². The van der Waals surface area contributed by atoms with Crippen LogP contribution in [0.25, 0.3) is 0 Å². The number of fused-ring (bicyclic) bond motifs is 1. The molecule has 2 aliphatic rings. The monoisotopic (exact) mass is 501 g/mol. The van der Waals surface area contributed by atoms with Gasteiger partial charge in [-0.05, 0) is 35.9 Å². The molecule has 2 fully saturated rings. The van der Waals surface area contributed by atoms with E-state index in [1.54, 1.807) is 18.2 Å². The summed E-state index contributed by atoms with van der Waals surface area (Å²) in [6, 6.07) is 14.7. The van der Waals surface area contributed by atoms with E-state index in [0.717, 1.165) is 11.0 Å². The summed E-state index contributed by atoms with van der Waals surface area (Å²) in [6.07, 6.45) is -1.29. The Kier molecular flexibility index (Phi) is 5.47. The van der Waals surface area contributed by atoms with Gasteiger partial charge in [0, 0.05) is 22.2 Å². The van der Waals surface area contributed by atoms with Gasteiger partial charge in [-0.25, -0.2) is 14.4 Å². The summed E-state index contributed by atoms with van der Waals surface area (Å²) in [4.78, 5) is 44.2. The lowest BCUT2D eigenvalue weighted by molar-refractivity contribution is -0.384. The van der Waals surface area contributed by atoms with Crippen LogP contribution in [0.4, 0.5) is 21.5 Å². The van der Waals surface area contributed by atoms with Crippen LogP contribution in [0, 0.1) is 21.8 Å². The molecule has 2 aliphatic heterocycles. The third-order valence-electron chi connectivity index (χ3n) is 5.78. The highest BCUT2D eigenvalue weighted by atomic mass is 35.5. The first kappa shape index (κ1) is 22.3. The third kappa shape index (κ3) is 3.49. The zero-order valence-electron chi connectivity index (χ0n) is 17.1. The number of rotatable bonds is 4. The Morgan fingerprint density at radius 3 is 2.44 bits per heavy atom. The van der Waals surface area contributed by atoms with E-state index in [1.807, 2.05) is 0 Å². The van der Waals surface area contributed by atoms with Gasteiger partial charge in [0.05, 0.1) is 22.3 Å². The van der Waals surface area contributed by atoms with Crippen LogP contribution in [-0.2, 0) is 14.4 Å². The highest BCUT2D eigenvalue weighted by molar-refractivity contribution is 6.35. The fourth-order valence-corrected chi connectivity index (χ4v) is 4.83. The number of halogens is 3. The number of nitro benzene ring substituents is 1. The first-order chi connectivity index (χ1) is 16.3. The maximum atomic E-state index is 14.5. The lowest BCUT2D eigenvalue weighted by Gasteiger charge is -2.29. The van der Waals surface area contributed by atoms with E-state index in [1.165, 1.54) is 47.5 Å².